The molecule has 2 aliphatic rings. The molecule has 1 saturated heterocycles. The molecule has 0 unspecified atom stereocenters. The minimum absolute atomic E-state index is 0.0419. The largest absolute Gasteiger partial charge is 0.364 e. The molecule has 152 valence electrons. The van der Waals surface area contributed by atoms with Gasteiger partial charge in [-0.3, -0.25) is 14.4 Å². The van der Waals surface area contributed by atoms with Crippen LogP contribution in [0.25, 0.3) is 0 Å². The second-order valence-corrected chi connectivity index (χ2v) is 7.14. The van der Waals surface area contributed by atoms with E-state index in [1.807, 2.05) is 0 Å². The molecule has 2 fully saturated rings. The van der Waals surface area contributed by atoms with Crippen molar-refractivity contribution in [1.29, 1.82) is 0 Å². The number of hydroxylamine groups is 2. The molecule has 8 nitrogen and oxygen atoms in total. The Balaban J connectivity index is 1.37. The molecule has 1 aliphatic carbocycles. The van der Waals surface area contributed by atoms with E-state index in [0.717, 1.165) is 6.07 Å². The van der Waals surface area contributed by atoms with Crippen molar-refractivity contribution in [3.63, 3.8) is 0 Å². The normalized spacial score (nSPS) is 23.5. The number of nitrogens with zero attached hydrogens (tertiary/aromatic N) is 3. The van der Waals surface area contributed by atoms with E-state index < -0.39 is 23.6 Å². The summed E-state index contributed by atoms with van der Waals surface area (Å²) in [7, 11) is 0. The smallest absolute Gasteiger partial charge is 0.267 e. The zero-order valence-electron chi connectivity index (χ0n) is 15.3. The van der Waals surface area contributed by atoms with E-state index in [4.69, 9.17) is 10.6 Å². The average molecular weight is 403 g/mol. The molecular weight excluding hydrogens is 384 g/mol. The van der Waals surface area contributed by atoms with E-state index in [1.54, 1.807) is 0 Å². The molecule has 1 aromatic heterocycles. The second-order valence-electron chi connectivity index (χ2n) is 7.14. The Labute approximate surface area is 165 Å². The molecule has 10 heteroatoms. The molecule has 1 saturated carbocycles. The van der Waals surface area contributed by atoms with Crippen LogP contribution in [0.2, 0.25) is 0 Å². The second kappa shape index (κ2) is 7.70. The van der Waals surface area contributed by atoms with Gasteiger partial charge in [-0.15, -0.1) is 0 Å². The highest BCUT2D eigenvalue weighted by Crippen LogP contribution is 2.37. The van der Waals surface area contributed by atoms with E-state index in [1.165, 1.54) is 29.5 Å². The fourth-order valence-corrected chi connectivity index (χ4v) is 3.62. The molecule has 2 heterocycles. The van der Waals surface area contributed by atoms with Crippen molar-refractivity contribution >= 4 is 17.8 Å². The van der Waals surface area contributed by atoms with Gasteiger partial charge in [0.1, 0.15) is 17.3 Å². The maximum atomic E-state index is 13.5. The summed E-state index contributed by atoms with van der Waals surface area (Å²) in [5.74, 6) is -2.27. The Morgan fingerprint density at radius 3 is 2.62 bits per heavy atom. The lowest BCUT2D eigenvalue weighted by atomic mass is 9.79. The SMILES string of the molecule is NC(=O)c1ccnc(NC2CC(C(=O)N3OCC[C@H]3c3cc(F)cc(F)c3)C2)n1. The fraction of sp³-hybridized carbons (Fsp3) is 0.368. The van der Waals surface area contributed by atoms with Crippen LogP contribution < -0.4 is 11.1 Å². The van der Waals surface area contributed by atoms with Gasteiger partial charge in [-0.1, -0.05) is 0 Å². The number of nitrogens with one attached hydrogen (secondary N) is 1. The van der Waals surface area contributed by atoms with Crippen molar-refractivity contribution in [3.8, 4) is 0 Å². The molecule has 1 atom stereocenters. The summed E-state index contributed by atoms with van der Waals surface area (Å²) in [6, 6.07) is 4.09. The van der Waals surface area contributed by atoms with Crippen LogP contribution >= 0.6 is 0 Å². The Bertz CT molecular complexity index is 931. The van der Waals surface area contributed by atoms with Crippen LogP contribution in [0, 0.1) is 17.6 Å². The Hall–Kier alpha value is -3.14. The van der Waals surface area contributed by atoms with Gasteiger partial charge in [-0.25, -0.2) is 23.8 Å². The fourth-order valence-electron chi connectivity index (χ4n) is 3.62. The van der Waals surface area contributed by atoms with Crippen molar-refractivity contribution in [2.24, 2.45) is 11.7 Å². The molecule has 29 heavy (non-hydrogen) atoms. The van der Waals surface area contributed by atoms with E-state index in [9.17, 15) is 18.4 Å². The van der Waals surface area contributed by atoms with Crippen molar-refractivity contribution in [2.45, 2.75) is 31.3 Å². The monoisotopic (exact) mass is 403 g/mol. The third-order valence-electron chi connectivity index (χ3n) is 5.12. The number of hydrogen-bond acceptors (Lipinski definition) is 6. The standard InChI is InChI=1S/C19H19F2N5O3/c20-12-5-10(6-13(21)9-12)16-2-4-29-26(16)18(28)11-7-14(8-11)24-19-23-3-1-15(25-19)17(22)27/h1,3,5-6,9,11,14,16H,2,4,7-8H2,(H2,22,27)(H,23,24,25)/t11?,14?,16-/m0/s1. The average Bonchev–Trinajstić information content (AvgIpc) is 3.13. The molecule has 0 bridgehead atoms. The van der Waals surface area contributed by atoms with Gasteiger partial charge in [-0.2, -0.15) is 0 Å². The van der Waals surface area contributed by atoms with Gasteiger partial charge in [0, 0.05) is 30.6 Å². The predicted molar refractivity (Wildman–Crippen MR) is 97.2 cm³/mol. The highest BCUT2D eigenvalue weighted by molar-refractivity contribution is 5.90. The maximum absolute atomic E-state index is 13.5. The van der Waals surface area contributed by atoms with Crippen LogP contribution in [0.1, 0.15) is 41.4 Å². The molecule has 1 aliphatic heterocycles. The van der Waals surface area contributed by atoms with E-state index in [0.29, 0.717) is 31.4 Å². The van der Waals surface area contributed by atoms with Crippen molar-refractivity contribution in [1.82, 2.24) is 15.0 Å². The molecule has 1 aromatic carbocycles. The Morgan fingerprint density at radius 2 is 1.93 bits per heavy atom. The number of primary amides is 1. The molecule has 0 spiro atoms. The molecular formula is C19H19F2N5O3. The lowest BCUT2D eigenvalue weighted by Gasteiger charge is -2.37. The van der Waals surface area contributed by atoms with Crippen LogP contribution in [0.15, 0.2) is 30.5 Å². The number of benzene rings is 1. The van der Waals surface area contributed by atoms with Crippen LogP contribution in [0.4, 0.5) is 14.7 Å². The molecule has 2 amide bonds. The van der Waals surface area contributed by atoms with Crippen LogP contribution in [-0.4, -0.2) is 39.5 Å². The topological polar surface area (TPSA) is 110 Å². The number of halogens is 2. The molecule has 2 aromatic rings. The quantitative estimate of drug-likeness (QED) is 0.790. The molecule has 4 rings (SSSR count). The lowest BCUT2D eigenvalue weighted by Crippen LogP contribution is -2.46. The third-order valence-corrected chi connectivity index (χ3v) is 5.12. The number of anilines is 1. The van der Waals surface area contributed by atoms with E-state index in [-0.39, 0.29) is 29.5 Å². The number of rotatable bonds is 5. The van der Waals surface area contributed by atoms with Gasteiger partial charge in [0.15, 0.2) is 0 Å². The van der Waals surface area contributed by atoms with E-state index in [2.05, 4.69) is 15.3 Å². The highest BCUT2D eigenvalue weighted by atomic mass is 19.1. The number of hydrogen-bond donors (Lipinski definition) is 2. The first kappa shape index (κ1) is 19.2. The van der Waals surface area contributed by atoms with Gasteiger partial charge >= 0.3 is 0 Å². The van der Waals surface area contributed by atoms with E-state index >= 15 is 0 Å². The first-order chi connectivity index (χ1) is 13.9. The Morgan fingerprint density at radius 1 is 1.21 bits per heavy atom. The van der Waals surface area contributed by atoms with Crippen LogP contribution in [0.5, 0.6) is 0 Å². The number of carbonyl (C=O) groups is 2. The summed E-state index contributed by atoms with van der Waals surface area (Å²) >= 11 is 0. The first-order valence-electron chi connectivity index (χ1n) is 9.22. The van der Waals surface area contributed by atoms with Gasteiger partial charge in [0.25, 0.3) is 5.91 Å². The summed E-state index contributed by atoms with van der Waals surface area (Å²) in [5.41, 5.74) is 5.68. The number of aromatic nitrogens is 2. The molecule has 0 radical (unpaired) electrons. The molecule has 3 N–H and O–H groups in total. The zero-order chi connectivity index (χ0) is 20.5. The first-order valence-corrected chi connectivity index (χ1v) is 9.22. The van der Waals surface area contributed by atoms with Crippen LogP contribution in [-0.2, 0) is 9.63 Å². The summed E-state index contributed by atoms with van der Waals surface area (Å²) in [4.78, 5) is 37.5. The van der Waals surface area contributed by atoms with Crippen LogP contribution in [0.3, 0.4) is 0 Å². The minimum atomic E-state index is -0.689. The summed E-state index contributed by atoms with van der Waals surface area (Å²) in [5, 5.41) is 4.30. The maximum Gasteiger partial charge on any atom is 0.267 e. The summed E-state index contributed by atoms with van der Waals surface area (Å²) < 4.78 is 27.1. The van der Waals surface area contributed by atoms with Gasteiger partial charge < -0.3 is 11.1 Å². The Kier molecular flexibility index (Phi) is 5.10. The van der Waals surface area contributed by atoms with Crippen molar-refractivity contribution in [3.05, 3.63) is 53.4 Å². The summed E-state index contributed by atoms with van der Waals surface area (Å²) in [6.45, 7) is 0.302. The zero-order valence-corrected chi connectivity index (χ0v) is 15.3. The van der Waals surface area contributed by atoms with Crippen molar-refractivity contribution in [2.75, 3.05) is 11.9 Å². The highest BCUT2D eigenvalue weighted by Gasteiger charge is 2.42. The number of amides is 2. The van der Waals surface area contributed by atoms with Crippen molar-refractivity contribution < 1.29 is 23.2 Å². The summed E-state index contributed by atoms with van der Waals surface area (Å²) in [6.07, 6.45) is 2.94. The van der Waals surface area contributed by atoms with Gasteiger partial charge in [0.2, 0.25) is 11.9 Å². The number of nitrogens with two attached hydrogens (primary N) is 1. The number of carbonyl (C=O) groups excluding carboxylic acids is 2. The lowest BCUT2D eigenvalue weighted by molar-refractivity contribution is -0.184. The van der Waals surface area contributed by atoms with Gasteiger partial charge in [-0.05, 0) is 36.6 Å². The van der Waals surface area contributed by atoms with Gasteiger partial charge in [0.05, 0.1) is 12.6 Å². The predicted octanol–water partition coefficient (Wildman–Crippen LogP) is 1.95. The minimum Gasteiger partial charge on any atom is -0.364 e. The third kappa shape index (κ3) is 4.02.